The lowest BCUT2D eigenvalue weighted by Crippen LogP contribution is -2.03. The molecule has 0 spiro atoms. The Kier molecular flexibility index (Phi) is 4.14. The number of nitrogens with two attached hydrogens (primary N) is 1. The summed E-state index contributed by atoms with van der Waals surface area (Å²) in [6.07, 6.45) is 0.807. The number of aryl methyl sites for hydroxylation is 2. The summed E-state index contributed by atoms with van der Waals surface area (Å²) in [6.45, 7) is 6.92. The average Bonchev–Trinajstić information content (AvgIpc) is 2.76. The Hall–Kier alpha value is -1.81. The van der Waals surface area contributed by atoms with Crippen molar-refractivity contribution in [2.75, 3.05) is 13.7 Å². The van der Waals surface area contributed by atoms with Crippen LogP contribution in [-0.2, 0) is 13.5 Å². The van der Waals surface area contributed by atoms with E-state index in [-0.39, 0.29) is 0 Å². The van der Waals surface area contributed by atoms with Crippen LogP contribution < -0.4 is 10.5 Å². The molecular formula is C16H23N3O. The molecular weight excluding hydrogens is 250 g/mol. The third-order valence-electron chi connectivity index (χ3n) is 3.84. The summed E-state index contributed by atoms with van der Waals surface area (Å²) in [7, 11) is 3.70. The Morgan fingerprint density at radius 3 is 2.50 bits per heavy atom. The van der Waals surface area contributed by atoms with Gasteiger partial charge in [-0.1, -0.05) is 0 Å². The second-order valence-electron chi connectivity index (χ2n) is 5.21. The quantitative estimate of drug-likeness (QED) is 0.931. The van der Waals surface area contributed by atoms with Crippen molar-refractivity contribution in [1.29, 1.82) is 0 Å². The first-order valence-corrected chi connectivity index (χ1v) is 6.87. The van der Waals surface area contributed by atoms with Crippen LogP contribution in [0.15, 0.2) is 12.1 Å². The van der Waals surface area contributed by atoms with Gasteiger partial charge >= 0.3 is 0 Å². The van der Waals surface area contributed by atoms with Crippen LogP contribution in [0.4, 0.5) is 0 Å². The molecule has 0 atom stereocenters. The second kappa shape index (κ2) is 5.67. The molecule has 0 unspecified atom stereocenters. The Morgan fingerprint density at radius 2 is 1.90 bits per heavy atom. The molecule has 2 rings (SSSR count). The van der Waals surface area contributed by atoms with E-state index in [2.05, 4.69) is 38.0 Å². The van der Waals surface area contributed by atoms with E-state index >= 15 is 0 Å². The predicted molar refractivity (Wildman–Crippen MR) is 82.2 cm³/mol. The zero-order valence-electron chi connectivity index (χ0n) is 12.9. The number of nitrogens with zero attached hydrogens (tertiary/aromatic N) is 2. The van der Waals surface area contributed by atoms with E-state index in [9.17, 15) is 0 Å². The van der Waals surface area contributed by atoms with Gasteiger partial charge in [-0.15, -0.1) is 0 Å². The van der Waals surface area contributed by atoms with Gasteiger partial charge in [-0.2, -0.15) is 5.10 Å². The van der Waals surface area contributed by atoms with Crippen molar-refractivity contribution in [2.45, 2.75) is 27.2 Å². The summed E-state index contributed by atoms with van der Waals surface area (Å²) in [4.78, 5) is 0. The van der Waals surface area contributed by atoms with Gasteiger partial charge in [0.2, 0.25) is 0 Å². The van der Waals surface area contributed by atoms with Crippen LogP contribution in [0.25, 0.3) is 11.3 Å². The van der Waals surface area contributed by atoms with Gasteiger partial charge in [0.1, 0.15) is 5.75 Å². The number of rotatable bonds is 4. The number of methoxy groups -OCH3 is 1. The summed E-state index contributed by atoms with van der Waals surface area (Å²) in [5.74, 6) is 0.968. The number of hydrogen-bond acceptors (Lipinski definition) is 3. The first-order chi connectivity index (χ1) is 9.49. The van der Waals surface area contributed by atoms with Crippen molar-refractivity contribution in [3.8, 4) is 17.0 Å². The highest BCUT2D eigenvalue weighted by molar-refractivity contribution is 5.69. The van der Waals surface area contributed by atoms with E-state index in [1.807, 2.05) is 11.7 Å². The fourth-order valence-electron chi connectivity index (χ4n) is 2.69. The Bertz CT molecular complexity index is 629. The number of ether oxygens (including phenoxy) is 1. The number of benzene rings is 1. The first-order valence-electron chi connectivity index (χ1n) is 6.87. The molecule has 0 aliphatic carbocycles. The van der Waals surface area contributed by atoms with Crippen LogP contribution in [0.2, 0.25) is 0 Å². The lowest BCUT2D eigenvalue weighted by Gasteiger charge is -2.15. The molecule has 0 saturated heterocycles. The van der Waals surface area contributed by atoms with E-state index in [1.165, 1.54) is 16.7 Å². The summed E-state index contributed by atoms with van der Waals surface area (Å²) < 4.78 is 7.41. The summed E-state index contributed by atoms with van der Waals surface area (Å²) >= 11 is 0. The van der Waals surface area contributed by atoms with Gasteiger partial charge in [0.25, 0.3) is 0 Å². The smallest absolute Gasteiger partial charge is 0.124 e. The van der Waals surface area contributed by atoms with Crippen LogP contribution in [0.5, 0.6) is 5.75 Å². The van der Waals surface area contributed by atoms with Gasteiger partial charge in [0, 0.05) is 19.0 Å². The molecule has 108 valence electrons. The SMILES string of the molecule is COc1c(C)cc(-c2cc(CCN)nn2C)c(C)c1C. The summed E-state index contributed by atoms with van der Waals surface area (Å²) in [5, 5.41) is 4.53. The van der Waals surface area contributed by atoms with Crippen molar-refractivity contribution in [3.05, 3.63) is 34.5 Å². The maximum absolute atomic E-state index is 5.61. The molecule has 20 heavy (non-hydrogen) atoms. The van der Waals surface area contributed by atoms with Crippen molar-refractivity contribution >= 4 is 0 Å². The van der Waals surface area contributed by atoms with Gasteiger partial charge in [-0.3, -0.25) is 4.68 Å². The monoisotopic (exact) mass is 273 g/mol. The number of aromatic nitrogens is 2. The summed E-state index contributed by atoms with van der Waals surface area (Å²) in [6, 6.07) is 4.30. The van der Waals surface area contributed by atoms with Crippen molar-refractivity contribution in [3.63, 3.8) is 0 Å². The van der Waals surface area contributed by atoms with Gasteiger partial charge in [-0.05, 0) is 56.1 Å². The zero-order valence-corrected chi connectivity index (χ0v) is 12.9. The molecule has 0 aliphatic rings. The molecule has 0 bridgehead atoms. The Morgan fingerprint density at radius 1 is 1.20 bits per heavy atom. The first kappa shape index (κ1) is 14.6. The average molecular weight is 273 g/mol. The summed E-state index contributed by atoms with van der Waals surface area (Å²) in [5.41, 5.74) is 12.5. The van der Waals surface area contributed by atoms with E-state index in [0.717, 1.165) is 29.1 Å². The van der Waals surface area contributed by atoms with Crippen LogP contribution >= 0.6 is 0 Å². The van der Waals surface area contributed by atoms with Crippen LogP contribution in [0, 0.1) is 20.8 Å². The highest BCUT2D eigenvalue weighted by atomic mass is 16.5. The van der Waals surface area contributed by atoms with Gasteiger partial charge in [0.15, 0.2) is 0 Å². The van der Waals surface area contributed by atoms with E-state index < -0.39 is 0 Å². The fourth-order valence-corrected chi connectivity index (χ4v) is 2.69. The molecule has 4 nitrogen and oxygen atoms in total. The van der Waals surface area contributed by atoms with Crippen molar-refractivity contribution in [2.24, 2.45) is 12.8 Å². The topological polar surface area (TPSA) is 53.1 Å². The normalized spacial score (nSPS) is 10.9. The highest BCUT2D eigenvalue weighted by Crippen LogP contribution is 2.34. The molecule has 1 aromatic heterocycles. The number of hydrogen-bond donors (Lipinski definition) is 1. The fraction of sp³-hybridized carbons (Fsp3) is 0.438. The van der Waals surface area contributed by atoms with Crippen LogP contribution in [-0.4, -0.2) is 23.4 Å². The van der Waals surface area contributed by atoms with E-state index in [4.69, 9.17) is 10.5 Å². The molecule has 0 aliphatic heterocycles. The minimum Gasteiger partial charge on any atom is -0.496 e. The molecule has 4 heteroatoms. The standard InChI is InChI=1S/C16H23N3O/c1-10-8-14(11(2)12(3)16(10)20-5)15-9-13(6-7-17)18-19(15)4/h8-9H,6-7,17H2,1-5H3. The predicted octanol–water partition coefficient (Wildman–Crippen LogP) is 2.52. The molecule has 2 N–H and O–H groups in total. The Labute approximate surface area is 120 Å². The van der Waals surface area contributed by atoms with E-state index in [0.29, 0.717) is 6.54 Å². The molecule has 0 amide bonds. The maximum atomic E-state index is 5.61. The maximum Gasteiger partial charge on any atom is 0.124 e. The zero-order chi connectivity index (χ0) is 14.9. The van der Waals surface area contributed by atoms with Gasteiger partial charge < -0.3 is 10.5 Å². The molecule has 1 aromatic carbocycles. The molecule has 0 saturated carbocycles. The minimum atomic E-state index is 0.621. The molecule has 2 aromatic rings. The highest BCUT2D eigenvalue weighted by Gasteiger charge is 2.15. The third-order valence-corrected chi connectivity index (χ3v) is 3.84. The van der Waals surface area contributed by atoms with Crippen LogP contribution in [0.1, 0.15) is 22.4 Å². The second-order valence-corrected chi connectivity index (χ2v) is 5.21. The lowest BCUT2D eigenvalue weighted by atomic mass is 9.96. The molecule has 1 heterocycles. The largest absolute Gasteiger partial charge is 0.496 e. The molecule has 0 radical (unpaired) electrons. The molecule has 0 fully saturated rings. The van der Waals surface area contributed by atoms with Crippen LogP contribution in [0.3, 0.4) is 0 Å². The van der Waals surface area contributed by atoms with Crippen molar-refractivity contribution < 1.29 is 4.74 Å². The van der Waals surface area contributed by atoms with Crippen molar-refractivity contribution in [1.82, 2.24) is 9.78 Å². The Balaban J connectivity index is 2.58. The van der Waals surface area contributed by atoms with Gasteiger partial charge in [0.05, 0.1) is 18.5 Å². The minimum absolute atomic E-state index is 0.621. The lowest BCUT2D eigenvalue weighted by molar-refractivity contribution is 0.408. The van der Waals surface area contributed by atoms with Gasteiger partial charge in [-0.25, -0.2) is 0 Å². The third kappa shape index (κ3) is 2.43. The van der Waals surface area contributed by atoms with E-state index in [1.54, 1.807) is 7.11 Å².